The van der Waals surface area contributed by atoms with Crippen molar-refractivity contribution in [1.82, 2.24) is 19.3 Å². The average molecular weight is 499 g/mol. The summed E-state index contributed by atoms with van der Waals surface area (Å²) in [7, 11) is -4.63. The van der Waals surface area contributed by atoms with Crippen molar-refractivity contribution in [3.63, 3.8) is 0 Å². The predicted octanol–water partition coefficient (Wildman–Crippen LogP) is 3.42. The molecule has 1 saturated heterocycles. The molecule has 8 nitrogen and oxygen atoms in total. The Hall–Kier alpha value is -2.90. The minimum absolute atomic E-state index is 0.0469. The van der Waals surface area contributed by atoms with E-state index in [0.29, 0.717) is 10.9 Å². The number of rotatable bonds is 6. The normalized spacial score (nSPS) is 16.8. The number of sulfonamides is 1. The summed E-state index contributed by atoms with van der Waals surface area (Å²) in [6.45, 7) is 1.55. The van der Waals surface area contributed by atoms with E-state index in [2.05, 4.69) is 20.3 Å². The van der Waals surface area contributed by atoms with Gasteiger partial charge in [0.25, 0.3) is 10.0 Å². The second-order valence-corrected chi connectivity index (χ2v) is 9.96. The van der Waals surface area contributed by atoms with Crippen LogP contribution in [-0.4, -0.2) is 52.6 Å². The Morgan fingerprint density at radius 1 is 1.15 bits per heavy atom. The summed E-state index contributed by atoms with van der Waals surface area (Å²) in [6.07, 6.45) is 2.86. The van der Waals surface area contributed by atoms with Gasteiger partial charge < -0.3 is 11.1 Å². The number of nitrogens with one attached hydrogen (secondary N) is 1. The van der Waals surface area contributed by atoms with E-state index in [1.807, 2.05) is 0 Å². The topological polar surface area (TPSA) is 114 Å². The van der Waals surface area contributed by atoms with Crippen LogP contribution in [0.25, 0.3) is 22.2 Å². The Morgan fingerprint density at radius 3 is 2.50 bits per heavy atom. The monoisotopic (exact) mass is 498 g/mol. The first-order chi connectivity index (χ1) is 16.1. The van der Waals surface area contributed by atoms with Crippen molar-refractivity contribution >= 4 is 26.9 Å². The number of aromatic nitrogens is 3. The molecule has 1 aliphatic heterocycles. The number of halogens is 4. The molecular formula is C21H22F4N6O2S. The Bertz CT molecular complexity index is 1310. The number of nitrogens with zero attached hydrogens (tertiary/aromatic N) is 4. The van der Waals surface area contributed by atoms with E-state index in [1.54, 1.807) is 19.1 Å². The van der Waals surface area contributed by atoms with Crippen LogP contribution in [0.5, 0.6) is 0 Å². The highest BCUT2D eigenvalue weighted by Gasteiger charge is 2.35. The molecule has 182 valence electrons. The van der Waals surface area contributed by atoms with Crippen molar-refractivity contribution in [1.29, 1.82) is 0 Å². The Kier molecular flexibility index (Phi) is 6.69. The van der Waals surface area contributed by atoms with Gasteiger partial charge in [-0.3, -0.25) is 4.98 Å². The molecule has 0 amide bonds. The number of pyridine rings is 1. The molecule has 2 aromatic heterocycles. The number of benzene rings is 1. The average Bonchev–Trinajstić information content (AvgIpc) is 2.80. The molecule has 1 fully saturated rings. The number of anilines is 1. The van der Waals surface area contributed by atoms with Crippen molar-refractivity contribution in [2.24, 2.45) is 5.73 Å². The van der Waals surface area contributed by atoms with E-state index in [-0.39, 0.29) is 54.7 Å². The zero-order chi connectivity index (χ0) is 24.6. The largest absolute Gasteiger partial charge is 0.351 e. The highest BCUT2D eigenvalue weighted by atomic mass is 32.2. The third kappa shape index (κ3) is 4.68. The van der Waals surface area contributed by atoms with E-state index < -0.39 is 33.5 Å². The lowest BCUT2D eigenvalue weighted by Crippen LogP contribution is -2.44. The molecule has 3 heterocycles. The standard InChI is InChI=1S/C21H22F4N6O2S/c1-11(26)14-2-5-27-19-15(14)8-12(9-16(19)22)18-17(23)10-28-21(30-18)29-13-3-6-31(7-4-13)34(32,33)20(24)25/h2,5,8-11,13,20H,3-4,6-7,26H2,1H3,(H,28,29,30). The molecule has 0 spiro atoms. The zero-order valence-electron chi connectivity index (χ0n) is 18.1. The van der Waals surface area contributed by atoms with E-state index in [1.165, 1.54) is 6.20 Å². The van der Waals surface area contributed by atoms with Gasteiger partial charge in [0, 0.05) is 42.3 Å². The van der Waals surface area contributed by atoms with E-state index in [0.717, 1.165) is 16.6 Å². The van der Waals surface area contributed by atoms with Crippen LogP contribution >= 0.6 is 0 Å². The van der Waals surface area contributed by atoms with E-state index >= 15 is 0 Å². The minimum Gasteiger partial charge on any atom is -0.351 e. The van der Waals surface area contributed by atoms with Crippen LogP contribution in [0.1, 0.15) is 31.4 Å². The van der Waals surface area contributed by atoms with Crippen LogP contribution in [0.3, 0.4) is 0 Å². The molecule has 3 aromatic rings. The molecule has 1 aromatic carbocycles. The molecule has 4 rings (SSSR count). The fraction of sp³-hybridized carbons (Fsp3) is 0.381. The number of alkyl halides is 2. The molecule has 1 unspecified atom stereocenters. The van der Waals surface area contributed by atoms with Crippen molar-refractivity contribution in [3.8, 4) is 11.3 Å². The lowest BCUT2D eigenvalue weighted by Gasteiger charge is -2.31. The van der Waals surface area contributed by atoms with Gasteiger partial charge in [0.2, 0.25) is 5.95 Å². The number of hydrogen-bond donors (Lipinski definition) is 2. The minimum atomic E-state index is -4.63. The first kappa shape index (κ1) is 24.2. The summed E-state index contributed by atoms with van der Waals surface area (Å²) < 4.78 is 78.9. The van der Waals surface area contributed by atoms with Crippen molar-refractivity contribution in [2.45, 2.75) is 37.6 Å². The highest BCUT2D eigenvalue weighted by Crippen LogP contribution is 2.31. The van der Waals surface area contributed by atoms with Gasteiger partial charge in [-0.15, -0.1) is 0 Å². The lowest BCUT2D eigenvalue weighted by molar-refractivity contribution is 0.212. The van der Waals surface area contributed by atoms with Gasteiger partial charge in [0.05, 0.1) is 6.20 Å². The second kappa shape index (κ2) is 9.39. The second-order valence-electron chi connectivity index (χ2n) is 8.06. The van der Waals surface area contributed by atoms with Crippen molar-refractivity contribution in [3.05, 3.63) is 47.8 Å². The summed E-state index contributed by atoms with van der Waals surface area (Å²) in [5.41, 5.74) is 6.76. The van der Waals surface area contributed by atoms with Crippen LogP contribution in [-0.2, 0) is 10.0 Å². The summed E-state index contributed by atoms with van der Waals surface area (Å²) in [4.78, 5) is 12.1. The molecule has 13 heteroatoms. The van der Waals surface area contributed by atoms with E-state index in [4.69, 9.17) is 5.73 Å². The molecular weight excluding hydrogens is 476 g/mol. The molecule has 34 heavy (non-hydrogen) atoms. The third-order valence-corrected chi connectivity index (χ3v) is 7.25. The van der Waals surface area contributed by atoms with Crippen LogP contribution < -0.4 is 11.1 Å². The Balaban J connectivity index is 1.59. The van der Waals surface area contributed by atoms with Gasteiger partial charge in [0.15, 0.2) is 5.82 Å². The number of nitrogens with two attached hydrogens (primary N) is 1. The number of piperidine rings is 1. The van der Waals surface area contributed by atoms with Gasteiger partial charge >= 0.3 is 5.76 Å². The summed E-state index contributed by atoms with van der Waals surface area (Å²) in [6, 6.07) is 3.63. The van der Waals surface area contributed by atoms with Crippen LogP contribution in [0, 0.1) is 11.6 Å². The highest BCUT2D eigenvalue weighted by molar-refractivity contribution is 7.89. The van der Waals surface area contributed by atoms with Crippen molar-refractivity contribution in [2.75, 3.05) is 18.4 Å². The molecule has 3 N–H and O–H groups in total. The molecule has 0 bridgehead atoms. The smallest absolute Gasteiger partial charge is 0.350 e. The fourth-order valence-electron chi connectivity index (χ4n) is 3.95. The van der Waals surface area contributed by atoms with Gasteiger partial charge in [-0.1, -0.05) is 0 Å². The van der Waals surface area contributed by atoms with Crippen molar-refractivity contribution < 1.29 is 26.0 Å². The van der Waals surface area contributed by atoms with Crippen LogP contribution in [0.4, 0.5) is 23.5 Å². The maximum absolute atomic E-state index is 14.8. The molecule has 1 atom stereocenters. The predicted molar refractivity (Wildman–Crippen MR) is 118 cm³/mol. The van der Waals surface area contributed by atoms with Crippen LogP contribution in [0.15, 0.2) is 30.6 Å². The SMILES string of the molecule is CC(N)c1ccnc2c(F)cc(-c3nc(NC4CCN(S(=O)(=O)C(F)F)CC4)ncc3F)cc12. The Morgan fingerprint density at radius 2 is 1.85 bits per heavy atom. The first-order valence-electron chi connectivity index (χ1n) is 10.5. The van der Waals surface area contributed by atoms with Gasteiger partial charge in [-0.2, -0.15) is 13.1 Å². The number of fused-ring (bicyclic) bond motifs is 1. The maximum atomic E-state index is 14.8. The van der Waals surface area contributed by atoms with Gasteiger partial charge in [-0.25, -0.2) is 27.2 Å². The summed E-state index contributed by atoms with van der Waals surface area (Å²) in [5.74, 6) is -4.85. The molecule has 0 aliphatic carbocycles. The Labute approximate surface area is 193 Å². The first-order valence-corrected chi connectivity index (χ1v) is 12.0. The van der Waals surface area contributed by atoms with Crippen LogP contribution in [0.2, 0.25) is 0 Å². The van der Waals surface area contributed by atoms with Gasteiger partial charge in [0.1, 0.15) is 17.0 Å². The fourth-order valence-corrected chi connectivity index (χ4v) is 4.90. The molecule has 0 saturated carbocycles. The summed E-state index contributed by atoms with van der Waals surface area (Å²) >= 11 is 0. The maximum Gasteiger partial charge on any atom is 0.350 e. The molecule has 0 radical (unpaired) electrons. The molecule has 1 aliphatic rings. The lowest BCUT2D eigenvalue weighted by atomic mass is 10.00. The quantitative estimate of drug-likeness (QED) is 0.501. The number of hydrogen-bond acceptors (Lipinski definition) is 7. The van der Waals surface area contributed by atoms with Gasteiger partial charge in [-0.05, 0) is 43.5 Å². The third-order valence-electron chi connectivity index (χ3n) is 5.71. The zero-order valence-corrected chi connectivity index (χ0v) is 18.9. The summed E-state index contributed by atoms with van der Waals surface area (Å²) in [5, 5.41) is 3.41. The van der Waals surface area contributed by atoms with E-state index in [9.17, 15) is 26.0 Å².